The summed E-state index contributed by atoms with van der Waals surface area (Å²) in [5.74, 6) is -1.13. The summed E-state index contributed by atoms with van der Waals surface area (Å²) >= 11 is 13.1. The number of amidine groups is 1. The number of rotatable bonds is 6. The molecule has 0 spiro atoms. The van der Waals surface area contributed by atoms with Gasteiger partial charge in [-0.2, -0.15) is 8.78 Å². The molecule has 2 aromatic carbocycles. The second-order valence-electron chi connectivity index (χ2n) is 5.97. The highest BCUT2D eigenvalue weighted by Gasteiger charge is 2.32. The third kappa shape index (κ3) is 5.75. The molecule has 0 aliphatic carbocycles. The molecule has 2 aromatic rings. The summed E-state index contributed by atoms with van der Waals surface area (Å²) in [7, 11) is 1.25. The topological polar surface area (TPSA) is 68.2 Å². The van der Waals surface area contributed by atoms with Crippen molar-refractivity contribution in [2.45, 2.75) is 6.61 Å². The number of carbonyl (C=O) groups excluding carboxylic acids is 2. The van der Waals surface area contributed by atoms with Crippen LogP contribution in [-0.2, 0) is 14.3 Å². The number of esters is 1. The Morgan fingerprint density at radius 1 is 1.23 bits per heavy atom. The van der Waals surface area contributed by atoms with Gasteiger partial charge in [0, 0.05) is 10.0 Å². The van der Waals surface area contributed by atoms with Crippen LogP contribution < -0.4 is 9.64 Å². The van der Waals surface area contributed by atoms with Gasteiger partial charge in [-0.25, -0.2) is 4.99 Å². The fourth-order valence-corrected chi connectivity index (χ4v) is 3.85. The number of hydrogen-bond donors (Lipinski definition) is 0. The molecule has 0 N–H and O–H groups in total. The van der Waals surface area contributed by atoms with Gasteiger partial charge in [-0.3, -0.25) is 14.5 Å². The molecular weight excluding hydrogens is 473 g/mol. The van der Waals surface area contributed by atoms with E-state index in [1.165, 1.54) is 48.4 Å². The largest absolute Gasteiger partial charge is 0.468 e. The van der Waals surface area contributed by atoms with Crippen molar-refractivity contribution >= 4 is 63.8 Å². The van der Waals surface area contributed by atoms with Gasteiger partial charge in [0.1, 0.15) is 11.4 Å². The number of aliphatic imine (C=N–C) groups is 1. The highest BCUT2D eigenvalue weighted by Crippen LogP contribution is 2.32. The van der Waals surface area contributed by atoms with Crippen LogP contribution >= 0.6 is 35.0 Å². The molecule has 31 heavy (non-hydrogen) atoms. The number of ether oxygens (including phenoxy) is 2. The second kappa shape index (κ2) is 10.1. The Bertz CT molecular complexity index is 1060. The van der Waals surface area contributed by atoms with Crippen LogP contribution in [0.5, 0.6) is 5.75 Å². The molecule has 0 atom stereocenters. The van der Waals surface area contributed by atoms with Gasteiger partial charge in [-0.05, 0) is 48.0 Å². The lowest BCUT2D eigenvalue weighted by molar-refractivity contribution is -0.137. The Morgan fingerprint density at radius 3 is 2.55 bits per heavy atom. The van der Waals surface area contributed by atoms with E-state index >= 15 is 0 Å². The monoisotopic (exact) mass is 486 g/mol. The van der Waals surface area contributed by atoms with Gasteiger partial charge in [-0.15, -0.1) is 0 Å². The third-order valence-electron chi connectivity index (χ3n) is 3.95. The summed E-state index contributed by atoms with van der Waals surface area (Å²) in [4.78, 5) is 30.2. The summed E-state index contributed by atoms with van der Waals surface area (Å²) in [6.07, 6.45) is 1.49. The molecule has 0 unspecified atom stereocenters. The van der Waals surface area contributed by atoms with Crippen molar-refractivity contribution in [3.63, 3.8) is 0 Å². The van der Waals surface area contributed by atoms with Crippen molar-refractivity contribution < 1.29 is 27.8 Å². The molecule has 6 nitrogen and oxygen atoms in total. The molecule has 11 heteroatoms. The molecule has 3 rings (SSSR count). The number of hydrogen-bond acceptors (Lipinski definition) is 6. The summed E-state index contributed by atoms with van der Waals surface area (Å²) in [5, 5.41) is 0.989. The Kier molecular flexibility index (Phi) is 7.53. The van der Waals surface area contributed by atoms with Gasteiger partial charge in [0.2, 0.25) is 0 Å². The molecule has 162 valence electrons. The second-order valence-corrected chi connectivity index (χ2v) is 7.75. The Labute approximate surface area is 190 Å². The maximum atomic E-state index is 13.1. The SMILES string of the molecule is COC(=O)CSC1=NC(=Cc2ccc(Cl)cc2Cl)C(=O)N1c1ccc(OC(F)F)cc1. The standard InChI is InChI=1S/C20H14Cl2F2N2O4S/c1-29-17(27)10-31-20-25-16(8-11-2-3-12(21)9-15(11)22)18(28)26(20)13-4-6-14(7-5-13)30-19(23)24/h2-9,19H,10H2,1H3. The van der Waals surface area contributed by atoms with Crippen molar-refractivity contribution in [3.05, 3.63) is 63.8 Å². The number of anilines is 1. The first-order valence-corrected chi connectivity index (χ1v) is 10.4. The molecule has 1 heterocycles. The number of benzene rings is 2. The number of methoxy groups -OCH3 is 1. The van der Waals surface area contributed by atoms with E-state index in [0.717, 1.165) is 11.8 Å². The van der Waals surface area contributed by atoms with Gasteiger partial charge in [0.25, 0.3) is 5.91 Å². The van der Waals surface area contributed by atoms with Crippen molar-refractivity contribution in [2.24, 2.45) is 4.99 Å². The quantitative estimate of drug-likeness (QED) is 0.412. The minimum absolute atomic E-state index is 0.0604. The van der Waals surface area contributed by atoms with Crippen molar-refractivity contribution in [1.29, 1.82) is 0 Å². The highest BCUT2D eigenvalue weighted by atomic mass is 35.5. The Balaban J connectivity index is 1.94. The average molecular weight is 487 g/mol. The molecule has 1 aliphatic rings. The number of amides is 1. The number of halogens is 4. The molecule has 0 aromatic heterocycles. The predicted octanol–water partition coefficient (Wildman–Crippen LogP) is 5.24. The zero-order valence-electron chi connectivity index (χ0n) is 15.9. The van der Waals surface area contributed by atoms with Crippen LogP contribution in [-0.4, -0.2) is 36.5 Å². The molecule has 0 radical (unpaired) electrons. The van der Waals surface area contributed by atoms with Gasteiger partial charge >= 0.3 is 12.6 Å². The lowest BCUT2D eigenvalue weighted by atomic mass is 10.2. The lowest BCUT2D eigenvalue weighted by Crippen LogP contribution is -2.30. The Morgan fingerprint density at radius 2 is 1.94 bits per heavy atom. The molecule has 0 bridgehead atoms. The smallest absolute Gasteiger partial charge is 0.387 e. The number of alkyl halides is 2. The van der Waals surface area contributed by atoms with Gasteiger partial charge in [0.15, 0.2) is 5.17 Å². The first-order valence-electron chi connectivity index (χ1n) is 8.63. The van der Waals surface area contributed by atoms with E-state index in [2.05, 4.69) is 14.5 Å². The first-order chi connectivity index (χ1) is 14.8. The molecule has 1 amide bonds. The van der Waals surface area contributed by atoms with E-state index in [4.69, 9.17) is 23.2 Å². The average Bonchev–Trinajstić information content (AvgIpc) is 3.03. The third-order valence-corrected chi connectivity index (χ3v) is 5.43. The predicted molar refractivity (Wildman–Crippen MR) is 117 cm³/mol. The summed E-state index contributed by atoms with van der Waals surface area (Å²) < 4.78 is 33.7. The van der Waals surface area contributed by atoms with Crippen LogP contribution in [0.2, 0.25) is 10.0 Å². The van der Waals surface area contributed by atoms with Gasteiger partial charge in [0.05, 0.1) is 18.6 Å². The van der Waals surface area contributed by atoms with Crippen LogP contribution in [0.25, 0.3) is 6.08 Å². The van der Waals surface area contributed by atoms with Crippen molar-refractivity contribution in [1.82, 2.24) is 0 Å². The minimum Gasteiger partial charge on any atom is -0.468 e. The minimum atomic E-state index is -2.97. The summed E-state index contributed by atoms with van der Waals surface area (Å²) in [6, 6.07) is 10.3. The molecular formula is C20H14Cl2F2N2O4S. The van der Waals surface area contributed by atoms with Gasteiger partial charge < -0.3 is 9.47 Å². The Hall–Kier alpha value is -2.62. The first kappa shape index (κ1) is 23.1. The van der Waals surface area contributed by atoms with E-state index in [1.807, 2.05) is 0 Å². The fraction of sp³-hybridized carbons (Fsp3) is 0.150. The molecule has 0 saturated carbocycles. The molecule has 1 aliphatic heterocycles. The van der Waals surface area contributed by atoms with Crippen LogP contribution in [0.1, 0.15) is 5.56 Å². The van der Waals surface area contributed by atoms with E-state index in [0.29, 0.717) is 21.3 Å². The van der Waals surface area contributed by atoms with Gasteiger partial charge in [-0.1, -0.05) is 41.0 Å². The molecule has 0 fully saturated rings. The van der Waals surface area contributed by atoms with Crippen LogP contribution in [0, 0.1) is 0 Å². The van der Waals surface area contributed by atoms with Crippen LogP contribution in [0.4, 0.5) is 14.5 Å². The number of carbonyl (C=O) groups is 2. The summed E-state index contributed by atoms with van der Waals surface area (Å²) in [5.41, 5.74) is 0.954. The van der Waals surface area contributed by atoms with E-state index in [1.54, 1.807) is 12.1 Å². The summed E-state index contributed by atoms with van der Waals surface area (Å²) in [6.45, 7) is -2.97. The molecule has 0 saturated heterocycles. The maximum absolute atomic E-state index is 13.1. The number of nitrogens with zero attached hydrogens (tertiary/aromatic N) is 2. The lowest BCUT2D eigenvalue weighted by Gasteiger charge is -2.18. The van der Waals surface area contributed by atoms with Crippen molar-refractivity contribution in [2.75, 3.05) is 17.8 Å². The normalized spacial score (nSPS) is 14.9. The maximum Gasteiger partial charge on any atom is 0.387 e. The zero-order chi connectivity index (χ0) is 22.5. The van der Waals surface area contributed by atoms with E-state index in [9.17, 15) is 18.4 Å². The fourth-order valence-electron chi connectivity index (χ4n) is 2.55. The van der Waals surface area contributed by atoms with Crippen molar-refractivity contribution in [3.8, 4) is 5.75 Å². The highest BCUT2D eigenvalue weighted by molar-refractivity contribution is 8.14. The van der Waals surface area contributed by atoms with Crippen LogP contribution in [0.3, 0.4) is 0 Å². The van der Waals surface area contributed by atoms with E-state index < -0.39 is 18.5 Å². The number of thioether (sulfide) groups is 1. The van der Waals surface area contributed by atoms with Crippen LogP contribution in [0.15, 0.2) is 53.2 Å². The zero-order valence-corrected chi connectivity index (χ0v) is 18.2. The van der Waals surface area contributed by atoms with E-state index in [-0.39, 0.29) is 22.4 Å².